The molecule has 2 aromatic rings. The third kappa shape index (κ3) is 5.63. The van der Waals surface area contributed by atoms with E-state index >= 15 is 0 Å². The van der Waals surface area contributed by atoms with Crippen LogP contribution in [-0.4, -0.2) is 18.0 Å². The van der Waals surface area contributed by atoms with Crippen molar-refractivity contribution >= 4 is 17.6 Å². The summed E-state index contributed by atoms with van der Waals surface area (Å²) in [6.45, 7) is 0. The number of halogens is 3. The molecule has 0 radical (unpaired) electrons. The van der Waals surface area contributed by atoms with Gasteiger partial charge in [-0.05, 0) is 62.1 Å². The SMILES string of the molecule is O=C(NNC(=O)c1ccc(OC2CCCC2)cc1)Nc1ccccc1C(F)(F)F. The molecule has 9 heteroatoms. The Hall–Kier alpha value is -3.23. The number of ether oxygens (including phenoxy) is 1. The molecule has 0 saturated heterocycles. The molecule has 2 aromatic carbocycles. The Kier molecular flexibility index (Phi) is 6.26. The van der Waals surface area contributed by atoms with Gasteiger partial charge >= 0.3 is 12.2 Å². The van der Waals surface area contributed by atoms with Crippen LogP contribution in [0.3, 0.4) is 0 Å². The molecule has 0 bridgehead atoms. The van der Waals surface area contributed by atoms with E-state index in [1.807, 2.05) is 5.43 Å². The zero-order valence-electron chi connectivity index (χ0n) is 15.4. The summed E-state index contributed by atoms with van der Waals surface area (Å²) in [4.78, 5) is 24.0. The van der Waals surface area contributed by atoms with Gasteiger partial charge in [0.15, 0.2) is 0 Å². The molecule has 1 fully saturated rings. The van der Waals surface area contributed by atoms with Gasteiger partial charge in [0.2, 0.25) is 0 Å². The van der Waals surface area contributed by atoms with Crippen LogP contribution in [0.5, 0.6) is 5.75 Å². The van der Waals surface area contributed by atoms with Crippen LogP contribution < -0.4 is 20.9 Å². The summed E-state index contributed by atoms with van der Waals surface area (Å²) in [5.41, 5.74) is 3.04. The van der Waals surface area contributed by atoms with Gasteiger partial charge < -0.3 is 10.1 Å². The minimum atomic E-state index is -4.62. The van der Waals surface area contributed by atoms with E-state index in [0.717, 1.165) is 37.8 Å². The van der Waals surface area contributed by atoms with Crippen molar-refractivity contribution in [3.63, 3.8) is 0 Å². The molecule has 0 aromatic heterocycles. The number of urea groups is 1. The number of anilines is 1. The van der Waals surface area contributed by atoms with Crippen molar-refractivity contribution < 1.29 is 27.5 Å². The van der Waals surface area contributed by atoms with Gasteiger partial charge in [-0.25, -0.2) is 10.2 Å². The number of alkyl halides is 3. The normalized spacial score (nSPS) is 14.3. The number of para-hydroxylation sites is 1. The van der Waals surface area contributed by atoms with Gasteiger partial charge in [-0.2, -0.15) is 13.2 Å². The number of rotatable bonds is 4. The van der Waals surface area contributed by atoms with E-state index in [-0.39, 0.29) is 11.7 Å². The number of hydrogen-bond acceptors (Lipinski definition) is 3. The Morgan fingerprint density at radius 2 is 1.59 bits per heavy atom. The molecule has 0 unspecified atom stereocenters. The van der Waals surface area contributed by atoms with Gasteiger partial charge in [-0.3, -0.25) is 10.2 Å². The number of amides is 3. The minimum absolute atomic E-state index is 0.194. The average molecular weight is 407 g/mol. The highest BCUT2D eigenvalue weighted by Gasteiger charge is 2.33. The molecule has 0 atom stereocenters. The second-order valence-electron chi connectivity index (χ2n) is 6.63. The quantitative estimate of drug-likeness (QED) is 0.654. The van der Waals surface area contributed by atoms with E-state index in [2.05, 4.69) is 10.7 Å². The fourth-order valence-corrected chi connectivity index (χ4v) is 3.06. The molecule has 3 N–H and O–H groups in total. The predicted molar refractivity (Wildman–Crippen MR) is 100 cm³/mol. The second-order valence-corrected chi connectivity index (χ2v) is 6.63. The number of benzene rings is 2. The molecule has 1 aliphatic carbocycles. The Morgan fingerprint density at radius 1 is 0.931 bits per heavy atom. The van der Waals surface area contributed by atoms with Crippen LogP contribution in [0.2, 0.25) is 0 Å². The van der Waals surface area contributed by atoms with Crippen molar-refractivity contribution in [3.05, 3.63) is 59.7 Å². The Balaban J connectivity index is 1.52. The zero-order valence-corrected chi connectivity index (χ0v) is 15.4. The maximum Gasteiger partial charge on any atom is 0.418 e. The predicted octanol–water partition coefficient (Wildman–Crippen LogP) is 4.49. The third-order valence-electron chi connectivity index (χ3n) is 4.49. The molecule has 1 aliphatic rings. The molecule has 154 valence electrons. The first-order valence-electron chi connectivity index (χ1n) is 9.13. The number of nitrogens with one attached hydrogen (secondary N) is 3. The maximum atomic E-state index is 12.9. The molecule has 1 saturated carbocycles. The van der Waals surface area contributed by atoms with Crippen LogP contribution in [0.15, 0.2) is 48.5 Å². The lowest BCUT2D eigenvalue weighted by Crippen LogP contribution is -2.44. The van der Waals surface area contributed by atoms with Crippen molar-refractivity contribution in [1.29, 1.82) is 0 Å². The highest BCUT2D eigenvalue weighted by atomic mass is 19.4. The molecule has 3 rings (SSSR count). The van der Waals surface area contributed by atoms with Crippen LogP contribution in [0.4, 0.5) is 23.7 Å². The summed E-state index contributed by atoms with van der Waals surface area (Å²) >= 11 is 0. The standard InChI is InChI=1S/C20H20F3N3O3/c21-20(22,23)16-7-3-4-8-17(16)24-19(28)26-25-18(27)13-9-11-15(12-10-13)29-14-5-1-2-6-14/h3-4,7-12,14H,1-2,5-6H2,(H,25,27)(H2,24,26,28). The molecular weight excluding hydrogens is 387 g/mol. The van der Waals surface area contributed by atoms with Crippen LogP contribution in [0.1, 0.15) is 41.6 Å². The molecule has 6 nitrogen and oxygen atoms in total. The van der Waals surface area contributed by atoms with E-state index in [1.165, 1.54) is 24.3 Å². The smallest absolute Gasteiger partial charge is 0.418 e. The van der Waals surface area contributed by atoms with Crippen LogP contribution in [0, 0.1) is 0 Å². The monoisotopic (exact) mass is 407 g/mol. The lowest BCUT2D eigenvalue weighted by atomic mass is 10.1. The van der Waals surface area contributed by atoms with E-state index in [9.17, 15) is 22.8 Å². The van der Waals surface area contributed by atoms with Crippen molar-refractivity contribution in [2.45, 2.75) is 38.0 Å². The molecule has 0 heterocycles. The van der Waals surface area contributed by atoms with Crippen molar-refractivity contribution in [3.8, 4) is 5.75 Å². The van der Waals surface area contributed by atoms with Crippen LogP contribution >= 0.6 is 0 Å². The largest absolute Gasteiger partial charge is 0.490 e. The highest BCUT2D eigenvalue weighted by molar-refractivity contribution is 5.97. The van der Waals surface area contributed by atoms with E-state index < -0.39 is 29.4 Å². The molecule has 29 heavy (non-hydrogen) atoms. The first-order valence-corrected chi connectivity index (χ1v) is 9.13. The summed E-state index contributed by atoms with van der Waals surface area (Å²) in [5.74, 6) is 0.0413. The van der Waals surface area contributed by atoms with Gasteiger partial charge in [0.1, 0.15) is 5.75 Å². The van der Waals surface area contributed by atoms with Crippen LogP contribution in [0.25, 0.3) is 0 Å². The highest BCUT2D eigenvalue weighted by Crippen LogP contribution is 2.34. The van der Waals surface area contributed by atoms with E-state index in [0.29, 0.717) is 5.75 Å². The second kappa shape index (κ2) is 8.85. The Morgan fingerprint density at radius 3 is 2.24 bits per heavy atom. The third-order valence-corrected chi connectivity index (χ3v) is 4.49. The van der Waals surface area contributed by atoms with E-state index in [1.54, 1.807) is 12.1 Å². The lowest BCUT2D eigenvalue weighted by Gasteiger charge is -2.15. The number of carbonyl (C=O) groups excluding carboxylic acids is 2. The van der Waals surface area contributed by atoms with Gasteiger partial charge in [-0.1, -0.05) is 12.1 Å². The Bertz CT molecular complexity index is 863. The fraction of sp³-hybridized carbons (Fsp3) is 0.300. The van der Waals surface area contributed by atoms with Crippen molar-refractivity contribution in [2.24, 2.45) is 0 Å². The van der Waals surface area contributed by atoms with Gasteiger partial charge in [0.05, 0.1) is 17.4 Å². The average Bonchev–Trinajstić information content (AvgIpc) is 3.19. The first kappa shape index (κ1) is 20.5. The molecule has 0 aliphatic heterocycles. The van der Waals surface area contributed by atoms with E-state index in [4.69, 9.17) is 4.74 Å². The zero-order chi connectivity index (χ0) is 20.9. The van der Waals surface area contributed by atoms with Gasteiger partial charge in [0.25, 0.3) is 5.91 Å². The van der Waals surface area contributed by atoms with Gasteiger partial charge in [0, 0.05) is 5.56 Å². The lowest BCUT2D eigenvalue weighted by molar-refractivity contribution is -0.136. The number of hydrogen-bond donors (Lipinski definition) is 3. The molecule has 0 spiro atoms. The number of hydrazine groups is 1. The molecule has 3 amide bonds. The topological polar surface area (TPSA) is 79.5 Å². The molecular formula is C20H20F3N3O3. The fourth-order valence-electron chi connectivity index (χ4n) is 3.06. The summed E-state index contributed by atoms with van der Waals surface area (Å²) in [6.07, 6.45) is -0.106. The van der Waals surface area contributed by atoms with Crippen molar-refractivity contribution in [1.82, 2.24) is 10.9 Å². The van der Waals surface area contributed by atoms with Crippen LogP contribution in [-0.2, 0) is 6.18 Å². The number of carbonyl (C=O) groups is 2. The van der Waals surface area contributed by atoms with Gasteiger partial charge in [-0.15, -0.1) is 0 Å². The summed E-state index contributed by atoms with van der Waals surface area (Å²) in [6, 6.07) is 9.94. The summed E-state index contributed by atoms with van der Waals surface area (Å²) in [5, 5.41) is 2.07. The Labute approximate surface area is 165 Å². The van der Waals surface area contributed by atoms with Crippen molar-refractivity contribution in [2.75, 3.05) is 5.32 Å². The minimum Gasteiger partial charge on any atom is -0.490 e. The first-order chi connectivity index (χ1) is 13.8. The summed E-state index contributed by atoms with van der Waals surface area (Å²) in [7, 11) is 0. The summed E-state index contributed by atoms with van der Waals surface area (Å²) < 4.78 is 44.6. The maximum absolute atomic E-state index is 12.9.